The Kier molecular flexibility index (Phi) is 6.90. The van der Waals surface area contributed by atoms with E-state index in [1.165, 1.54) is 23.0 Å². The van der Waals surface area contributed by atoms with Crippen LogP contribution in [-0.4, -0.2) is 46.8 Å². The third kappa shape index (κ3) is 4.80. The molecule has 9 heteroatoms. The number of aliphatic hydroxyl groups is 1. The number of carbonyl (C=O) groups is 1. The lowest BCUT2D eigenvalue weighted by atomic mass is 9.85. The van der Waals surface area contributed by atoms with Crippen LogP contribution in [0, 0.1) is 0 Å². The van der Waals surface area contributed by atoms with E-state index in [2.05, 4.69) is 0 Å². The molecule has 1 atom stereocenters. The van der Waals surface area contributed by atoms with Crippen LogP contribution in [0.5, 0.6) is 0 Å². The number of hydroxylamine groups is 1. The first kappa shape index (κ1) is 23.8. The summed E-state index contributed by atoms with van der Waals surface area (Å²) in [5, 5.41) is 18.4. The van der Waals surface area contributed by atoms with E-state index in [1.54, 1.807) is 12.3 Å². The molecule has 30 heavy (non-hydrogen) atoms. The molecule has 0 spiro atoms. The molecule has 0 saturated heterocycles. The number of aliphatic hydroxyl groups excluding tert-OH is 1. The minimum absolute atomic E-state index is 0.0142. The molecule has 1 heterocycles. The predicted octanol–water partition coefficient (Wildman–Crippen LogP) is 1.48. The second kappa shape index (κ2) is 8.71. The van der Waals surface area contributed by atoms with E-state index in [-0.39, 0.29) is 30.5 Å². The van der Waals surface area contributed by atoms with Gasteiger partial charge in [0.15, 0.2) is 14.6 Å². The standard InChI is InChI=1S/C21H28N2O6S/c1-20(2,14-24)17-7-5-15(6-8-17)16-9-11-23(18(25)13-16)12-10-21(3,19(26)22-27)30(4,28)29/h5-9,11,13,24,27H,10,12,14H2,1-4H3,(H,22,26). The van der Waals surface area contributed by atoms with Crippen molar-refractivity contribution in [2.75, 3.05) is 12.9 Å². The van der Waals surface area contributed by atoms with Crippen molar-refractivity contribution >= 4 is 15.7 Å². The number of carbonyl (C=O) groups excluding carboxylic acids is 1. The Bertz CT molecular complexity index is 1070. The number of amides is 1. The van der Waals surface area contributed by atoms with Crippen LogP contribution >= 0.6 is 0 Å². The number of sulfone groups is 1. The highest BCUT2D eigenvalue weighted by atomic mass is 32.2. The molecular formula is C21H28N2O6S. The third-order valence-corrected chi connectivity index (χ3v) is 7.65. The average Bonchev–Trinajstić information content (AvgIpc) is 2.71. The Labute approximate surface area is 176 Å². The zero-order valence-corrected chi connectivity index (χ0v) is 18.4. The van der Waals surface area contributed by atoms with Crippen molar-refractivity contribution in [3.63, 3.8) is 0 Å². The smallest absolute Gasteiger partial charge is 0.264 e. The van der Waals surface area contributed by atoms with Crippen molar-refractivity contribution in [1.29, 1.82) is 0 Å². The molecule has 0 aliphatic carbocycles. The molecule has 0 saturated carbocycles. The first-order chi connectivity index (χ1) is 13.9. The monoisotopic (exact) mass is 436 g/mol. The molecule has 0 fully saturated rings. The van der Waals surface area contributed by atoms with Gasteiger partial charge in [-0.15, -0.1) is 0 Å². The van der Waals surface area contributed by atoms with Gasteiger partial charge in [-0.3, -0.25) is 14.8 Å². The molecule has 0 radical (unpaired) electrons. The number of aryl methyl sites for hydroxylation is 1. The van der Waals surface area contributed by atoms with Gasteiger partial charge < -0.3 is 9.67 Å². The number of hydrogen-bond acceptors (Lipinski definition) is 6. The van der Waals surface area contributed by atoms with Gasteiger partial charge in [0.05, 0.1) is 6.61 Å². The molecular weight excluding hydrogens is 408 g/mol. The number of benzene rings is 1. The van der Waals surface area contributed by atoms with Gasteiger partial charge in [-0.2, -0.15) is 0 Å². The van der Waals surface area contributed by atoms with E-state index < -0.39 is 20.5 Å². The average molecular weight is 437 g/mol. The molecule has 2 rings (SSSR count). The van der Waals surface area contributed by atoms with Gasteiger partial charge >= 0.3 is 0 Å². The summed E-state index contributed by atoms with van der Waals surface area (Å²) >= 11 is 0. The Balaban J connectivity index is 2.26. The number of aromatic nitrogens is 1. The fourth-order valence-corrected chi connectivity index (χ4v) is 3.84. The highest BCUT2D eigenvalue weighted by molar-refractivity contribution is 7.92. The van der Waals surface area contributed by atoms with Gasteiger partial charge in [0.2, 0.25) is 0 Å². The van der Waals surface area contributed by atoms with Gasteiger partial charge in [0, 0.05) is 30.5 Å². The Morgan fingerprint density at radius 1 is 1.10 bits per heavy atom. The lowest BCUT2D eigenvalue weighted by Crippen LogP contribution is -2.49. The van der Waals surface area contributed by atoms with Crippen LogP contribution in [0.4, 0.5) is 0 Å². The lowest BCUT2D eigenvalue weighted by Gasteiger charge is -2.25. The van der Waals surface area contributed by atoms with Crippen LogP contribution in [0.2, 0.25) is 0 Å². The minimum Gasteiger partial charge on any atom is -0.395 e. The zero-order valence-electron chi connectivity index (χ0n) is 17.5. The minimum atomic E-state index is -3.83. The second-order valence-electron chi connectivity index (χ2n) is 8.26. The fourth-order valence-electron chi connectivity index (χ4n) is 3.00. The molecule has 3 N–H and O–H groups in total. The van der Waals surface area contributed by atoms with Crippen molar-refractivity contribution in [1.82, 2.24) is 10.0 Å². The normalized spacial score (nSPS) is 14.2. The second-order valence-corrected chi connectivity index (χ2v) is 10.7. The largest absolute Gasteiger partial charge is 0.395 e. The number of nitrogens with one attached hydrogen (secondary N) is 1. The number of hydrogen-bond donors (Lipinski definition) is 3. The lowest BCUT2D eigenvalue weighted by molar-refractivity contribution is -0.131. The predicted molar refractivity (Wildman–Crippen MR) is 114 cm³/mol. The fraction of sp³-hybridized carbons (Fsp3) is 0.429. The summed E-state index contributed by atoms with van der Waals surface area (Å²) in [7, 11) is -3.83. The molecule has 0 bridgehead atoms. The van der Waals surface area contributed by atoms with Crippen LogP contribution in [0.15, 0.2) is 47.4 Å². The van der Waals surface area contributed by atoms with Crippen molar-refractivity contribution < 1.29 is 23.5 Å². The molecule has 0 aliphatic heterocycles. The van der Waals surface area contributed by atoms with E-state index in [1.807, 2.05) is 38.1 Å². The molecule has 2 aromatic rings. The van der Waals surface area contributed by atoms with E-state index in [4.69, 9.17) is 5.21 Å². The summed E-state index contributed by atoms with van der Waals surface area (Å²) in [4.78, 5) is 24.4. The van der Waals surface area contributed by atoms with Crippen LogP contribution < -0.4 is 11.0 Å². The van der Waals surface area contributed by atoms with Crippen LogP contribution in [0.1, 0.15) is 32.8 Å². The molecule has 164 valence electrons. The van der Waals surface area contributed by atoms with Crippen molar-refractivity contribution in [2.45, 2.75) is 43.9 Å². The van der Waals surface area contributed by atoms with Crippen molar-refractivity contribution in [2.24, 2.45) is 0 Å². The highest BCUT2D eigenvalue weighted by Gasteiger charge is 2.43. The van der Waals surface area contributed by atoms with Crippen molar-refractivity contribution in [3.8, 4) is 11.1 Å². The summed E-state index contributed by atoms with van der Waals surface area (Å²) < 4.78 is 23.5. The molecule has 1 aromatic heterocycles. The molecule has 1 aromatic carbocycles. The Hall–Kier alpha value is -2.49. The van der Waals surface area contributed by atoms with Gasteiger partial charge in [-0.1, -0.05) is 38.1 Å². The highest BCUT2D eigenvalue weighted by Crippen LogP contribution is 2.26. The Morgan fingerprint density at radius 2 is 1.70 bits per heavy atom. The van der Waals surface area contributed by atoms with Gasteiger partial charge in [0.25, 0.3) is 11.5 Å². The van der Waals surface area contributed by atoms with E-state index in [9.17, 15) is 23.1 Å². The summed E-state index contributed by atoms with van der Waals surface area (Å²) in [6, 6.07) is 10.7. The molecule has 8 nitrogen and oxygen atoms in total. The van der Waals surface area contributed by atoms with Gasteiger partial charge in [-0.05, 0) is 36.1 Å². The number of rotatable bonds is 8. The maximum atomic E-state index is 12.5. The summed E-state index contributed by atoms with van der Waals surface area (Å²) in [6.07, 6.45) is 2.28. The first-order valence-electron chi connectivity index (χ1n) is 9.42. The molecule has 0 aliphatic rings. The maximum absolute atomic E-state index is 12.5. The summed E-state index contributed by atoms with van der Waals surface area (Å²) in [6.45, 7) is 5.08. The van der Waals surface area contributed by atoms with Crippen LogP contribution in [-0.2, 0) is 26.6 Å². The molecule has 1 amide bonds. The SMILES string of the molecule is CC(C)(CO)c1ccc(-c2ccn(CCC(C)(C(=O)NO)S(C)(=O)=O)c(=O)c2)cc1. The van der Waals surface area contributed by atoms with Gasteiger partial charge in [0.1, 0.15) is 0 Å². The van der Waals surface area contributed by atoms with E-state index in [0.29, 0.717) is 5.56 Å². The zero-order chi connectivity index (χ0) is 22.7. The van der Waals surface area contributed by atoms with E-state index >= 15 is 0 Å². The first-order valence-corrected chi connectivity index (χ1v) is 11.3. The van der Waals surface area contributed by atoms with Gasteiger partial charge in [-0.25, -0.2) is 13.9 Å². The van der Waals surface area contributed by atoms with E-state index in [0.717, 1.165) is 17.4 Å². The topological polar surface area (TPSA) is 126 Å². The summed E-state index contributed by atoms with van der Waals surface area (Å²) in [5.74, 6) is -1.04. The van der Waals surface area contributed by atoms with Crippen molar-refractivity contribution in [3.05, 3.63) is 58.5 Å². The van der Waals surface area contributed by atoms with Crippen LogP contribution in [0.25, 0.3) is 11.1 Å². The summed E-state index contributed by atoms with van der Waals surface area (Å²) in [5.41, 5.74) is 3.19. The Morgan fingerprint density at radius 3 is 2.17 bits per heavy atom. The maximum Gasteiger partial charge on any atom is 0.264 e. The number of nitrogens with zero attached hydrogens (tertiary/aromatic N) is 1. The number of pyridine rings is 1. The molecule has 1 unspecified atom stereocenters. The van der Waals surface area contributed by atoms with Crippen LogP contribution in [0.3, 0.4) is 0 Å². The quantitative estimate of drug-likeness (QED) is 0.425. The third-order valence-electron chi connectivity index (χ3n) is 5.62.